The summed E-state index contributed by atoms with van der Waals surface area (Å²) in [4.78, 5) is 50.2. The van der Waals surface area contributed by atoms with E-state index in [9.17, 15) is 29.4 Å². The van der Waals surface area contributed by atoms with E-state index in [1.54, 1.807) is 36.4 Å². The Kier molecular flexibility index (Phi) is 12.0. The number of rotatable bonds is 15. The van der Waals surface area contributed by atoms with Gasteiger partial charge in [0.05, 0.1) is 6.54 Å². The van der Waals surface area contributed by atoms with E-state index in [4.69, 9.17) is 11.5 Å². The van der Waals surface area contributed by atoms with Crippen molar-refractivity contribution in [2.75, 3.05) is 13.1 Å². The Bertz CT molecular complexity index is 1030. The summed E-state index contributed by atoms with van der Waals surface area (Å²) in [6, 6.07) is 11.8. The highest BCUT2D eigenvalue weighted by Crippen LogP contribution is 2.13. The molecule has 2 rings (SSSR count). The van der Waals surface area contributed by atoms with Crippen LogP contribution in [-0.4, -0.2) is 65.1 Å². The van der Waals surface area contributed by atoms with Crippen molar-refractivity contribution < 1.29 is 29.4 Å². The van der Waals surface area contributed by atoms with E-state index in [0.717, 1.165) is 5.56 Å². The maximum atomic E-state index is 13.3. The largest absolute Gasteiger partial charge is 0.508 e. The number of benzene rings is 2. The average Bonchev–Trinajstić information content (AvgIpc) is 2.88. The van der Waals surface area contributed by atoms with Gasteiger partial charge < -0.3 is 37.6 Å². The van der Waals surface area contributed by atoms with Gasteiger partial charge in [0, 0.05) is 12.8 Å². The van der Waals surface area contributed by atoms with Gasteiger partial charge in [0.1, 0.15) is 23.9 Å². The summed E-state index contributed by atoms with van der Waals surface area (Å²) >= 11 is 0. The molecule has 0 heterocycles. The lowest BCUT2D eigenvalue weighted by Gasteiger charge is -2.25. The van der Waals surface area contributed by atoms with Crippen molar-refractivity contribution >= 4 is 23.7 Å². The van der Waals surface area contributed by atoms with Crippen LogP contribution in [0.25, 0.3) is 0 Å². The highest BCUT2D eigenvalue weighted by molar-refractivity contribution is 5.93. The number of unbranched alkanes of at least 4 members (excludes halogenated alkanes) is 1. The Morgan fingerprint density at radius 1 is 0.730 bits per heavy atom. The van der Waals surface area contributed by atoms with Crippen LogP contribution >= 0.6 is 0 Å². The molecule has 37 heavy (non-hydrogen) atoms. The highest BCUT2D eigenvalue weighted by Gasteiger charge is 2.29. The molecule has 0 aliphatic carbocycles. The molecule has 3 unspecified atom stereocenters. The first-order valence-electron chi connectivity index (χ1n) is 12.1. The smallest absolute Gasteiger partial charge is 0.326 e. The molecule has 0 radical (unpaired) electrons. The first kappa shape index (κ1) is 29.3. The van der Waals surface area contributed by atoms with Crippen LogP contribution in [0.15, 0.2) is 54.6 Å². The Balaban J connectivity index is 2.25. The van der Waals surface area contributed by atoms with Crippen molar-refractivity contribution in [2.45, 2.75) is 50.2 Å². The standard InChI is InChI=1S/C26H35N5O6/c27-13-5-4-8-20(26(36)37)30-25(35)22(15-18-9-11-19(32)12-10-18)31-24(34)21(29-23(33)16-28)14-17-6-2-1-3-7-17/h1-3,6-7,9-12,20-22,32H,4-5,8,13-16,27-28H2,(H,29,33)(H,30,35)(H,31,34)(H,36,37). The van der Waals surface area contributed by atoms with Gasteiger partial charge >= 0.3 is 5.97 Å². The van der Waals surface area contributed by atoms with Crippen molar-refractivity contribution in [3.8, 4) is 5.75 Å². The number of aromatic hydroxyl groups is 1. The van der Waals surface area contributed by atoms with Crippen LogP contribution in [0.5, 0.6) is 5.75 Å². The van der Waals surface area contributed by atoms with E-state index in [-0.39, 0.29) is 31.6 Å². The van der Waals surface area contributed by atoms with Crippen LogP contribution in [0, 0.1) is 0 Å². The van der Waals surface area contributed by atoms with E-state index in [1.165, 1.54) is 12.1 Å². The number of aliphatic carboxylic acids is 1. The zero-order chi connectivity index (χ0) is 27.2. The molecule has 3 atom stereocenters. The number of phenolic OH excluding ortho intramolecular Hbond substituents is 1. The van der Waals surface area contributed by atoms with Gasteiger partial charge in [0.15, 0.2) is 0 Å². The Hall–Kier alpha value is -3.96. The summed E-state index contributed by atoms with van der Waals surface area (Å²) in [5, 5.41) is 26.9. The number of hydrogen-bond acceptors (Lipinski definition) is 7. The molecule has 0 aliphatic heterocycles. The molecule has 0 saturated carbocycles. The summed E-state index contributed by atoms with van der Waals surface area (Å²) < 4.78 is 0. The van der Waals surface area contributed by atoms with E-state index in [1.807, 2.05) is 6.07 Å². The maximum Gasteiger partial charge on any atom is 0.326 e. The first-order chi connectivity index (χ1) is 17.7. The van der Waals surface area contributed by atoms with Crippen LogP contribution in [0.1, 0.15) is 30.4 Å². The molecule has 0 aliphatic rings. The van der Waals surface area contributed by atoms with E-state index < -0.39 is 41.8 Å². The third kappa shape index (κ3) is 10.3. The molecule has 200 valence electrons. The molecule has 0 spiro atoms. The Morgan fingerprint density at radius 2 is 1.27 bits per heavy atom. The van der Waals surface area contributed by atoms with Gasteiger partial charge in [-0.2, -0.15) is 0 Å². The molecular formula is C26H35N5O6. The second-order valence-electron chi connectivity index (χ2n) is 8.63. The van der Waals surface area contributed by atoms with Gasteiger partial charge in [-0.3, -0.25) is 14.4 Å². The van der Waals surface area contributed by atoms with Gasteiger partial charge in [-0.1, -0.05) is 42.5 Å². The molecule has 11 nitrogen and oxygen atoms in total. The van der Waals surface area contributed by atoms with Gasteiger partial charge in [-0.15, -0.1) is 0 Å². The lowest BCUT2D eigenvalue weighted by Crippen LogP contribution is -2.57. The monoisotopic (exact) mass is 513 g/mol. The fourth-order valence-corrected chi connectivity index (χ4v) is 3.68. The fourth-order valence-electron chi connectivity index (χ4n) is 3.68. The van der Waals surface area contributed by atoms with E-state index in [2.05, 4.69) is 16.0 Å². The van der Waals surface area contributed by atoms with Gasteiger partial charge in [0.2, 0.25) is 17.7 Å². The summed E-state index contributed by atoms with van der Waals surface area (Å²) in [5.41, 5.74) is 12.3. The zero-order valence-corrected chi connectivity index (χ0v) is 20.6. The molecular weight excluding hydrogens is 478 g/mol. The number of carboxylic acids is 1. The van der Waals surface area contributed by atoms with Crippen LogP contribution in [0.2, 0.25) is 0 Å². The minimum atomic E-state index is -1.20. The normalized spacial score (nSPS) is 13.1. The minimum Gasteiger partial charge on any atom is -0.508 e. The number of nitrogens with one attached hydrogen (secondary N) is 3. The predicted octanol–water partition coefficient (Wildman–Crippen LogP) is -0.196. The third-order valence-corrected chi connectivity index (χ3v) is 5.69. The topological polar surface area (TPSA) is 197 Å². The molecule has 2 aromatic carbocycles. The van der Waals surface area contributed by atoms with E-state index >= 15 is 0 Å². The van der Waals surface area contributed by atoms with Crippen molar-refractivity contribution in [3.63, 3.8) is 0 Å². The molecule has 3 amide bonds. The van der Waals surface area contributed by atoms with Crippen LogP contribution in [0.3, 0.4) is 0 Å². The van der Waals surface area contributed by atoms with Gasteiger partial charge in [-0.05, 0) is 49.1 Å². The SMILES string of the molecule is NCCCCC(NC(=O)C(Cc1ccc(O)cc1)NC(=O)C(Cc1ccccc1)NC(=O)CN)C(=O)O. The lowest BCUT2D eigenvalue weighted by molar-refractivity contribution is -0.142. The second-order valence-corrected chi connectivity index (χ2v) is 8.63. The van der Waals surface area contributed by atoms with Crippen LogP contribution < -0.4 is 27.4 Å². The summed E-state index contributed by atoms with van der Waals surface area (Å²) in [5.74, 6) is -3.02. The molecule has 0 saturated heterocycles. The summed E-state index contributed by atoms with van der Waals surface area (Å²) in [6.45, 7) is 0.0796. The maximum absolute atomic E-state index is 13.3. The first-order valence-corrected chi connectivity index (χ1v) is 12.1. The lowest BCUT2D eigenvalue weighted by atomic mass is 10.0. The summed E-state index contributed by atoms with van der Waals surface area (Å²) in [7, 11) is 0. The van der Waals surface area contributed by atoms with E-state index in [0.29, 0.717) is 24.9 Å². The Labute approximate surface area is 215 Å². The molecule has 0 aromatic heterocycles. The highest BCUT2D eigenvalue weighted by atomic mass is 16.4. The minimum absolute atomic E-state index is 0.0237. The number of carboxylic acid groups (broad SMARTS) is 1. The number of hydrogen-bond donors (Lipinski definition) is 7. The van der Waals surface area contributed by atoms with Crippen molar-refractivity contribution in [1.82, 2.24) is 16.0 Å². The second kappa shape index (κ2) is 15.2. The van der Waals surface area contributed by atoms with Crippen molar-refractivity contribution in [3.05, 3.63) is 65.7 Å². The summed E-state index contributed by atoms with van der Waals surface area (Å²) in [6.07, 6.45) is 1.47. The quantitative estimate of drug-likeness (QED) is 0.159. The number of carbonyl (C=O) groups is 4. The van der Waals surface area contributed by atoms with Crippen LogP contribution in [0.4, 0.5) is 0 Å². The molecule has 11 heteroatoms. The predicted molar refractivity (Wildman–Crippen MR) is 137 cm³/mol. The molecule has 0 fully saturated rings. The number of amides is 3. The van der Waals surface area contributed by atoms with Crippen LogP contribution in [-0.2, 0) is 32.0 Å². The number of phenols is 1. The number of carbonyl (C=O) groups excluding carboxylic acids is 3. The zero-order valence-electron chi connectivity index (χ0n) is 20.6. The van der Waals surface area contributed by atoms with Gasteiger partial charge in [0.25, 0.3) is 0 Å². The van der Waals surface area contributed by atoms with Gasteiger partial charge in [-0.25, -0.2) is 4.79 Å². The average molecular weight is 514 g/mol. The number of nitrogens with two attached hydrogens (primary N) is 2. The van der Waals surface area contributed by atoms with Crippen molar-refractivity contribution in [1.29, 1.82) is 0 Å². The third-order valence-electron chi connectivity index (χ3n) is 5.69. The van der Waals surface area contributed by atoms with Crippen molar-refractivity contribution in [2.24, 2.45) is 11.5 Å². The molecule has 9 N–H and O–H groups in total. The Morgan fingerprint density at radius 3 is 1.81 bits per heavy atom. The fraction of sp³-hybridized carbons (Fsp3) is 0.385. The molecule has 2 aromatic rings. The molecule has 0 bridgehead atoms.